The molecular formula is C26H38N4O. The minimum absolute atomic E-state index is 0.0221. The van der Waals surface area contributed by atoms with Crippen molar-refractivity contribution in [1.29, 1.82) is 0 Å². The van der Waals surface area contributed by atoms with Crippen LogP contribution in [0.1, 0.15) is 83.1 Å². The van der Waals surface area contributed by atoms with Crippen LogP contribution in [0.3, 0.4) is 0 Å². The van der Waals surface area contributed by atoms with Crippen molar-refractivity contribution in [3.05, 3.63) is 35.9 Å². The average Bonchev–Trinajstić information content (AvgIpc) is 3.38. The van der Waals surface area contributed by atoms with Crippen molar-refractivity contribution in [3.8, 4) is 0 Å². The summed E-state index contributed by atoms with van der Waals surface area (Å²) in [6, 6.07) is 12.1. The second-order valence-electron chi connectivity index (χ2n) is 10.3. The molecule has 3 fully saturated rings. The third kappa shape index (κ3) is 4.13. The van der Waals surface area contributed by atoms with Crippen LogP contribution in [0.5, 0.6) is 0 Å². The van der Waals surface area contributed by atoms with E-state index in [0.29, 0.717) is 18.1 Å². The maximum Gasteiger partial charge on any atom is 0.346 e. The van der Waals surface area contributed by atoms with Gasteiger partial charge in [0, 0.05) is 31.2 Å². The van der Waals surface area contributed by atoms with Gasteiger partial charge in [-0.3, -0.25) is 4.90 Å². The fourth-order valence-corrected chi connectivity index (χ4v) is 6.58. The van der Waals surface area contributed by atoms with Gasteiger partial charge in [-0.25, -0.2) is 4.79 Å². The largest absolute Gasteiger partial charge is 0.369 e. The van der Waals surface area contributed by atoms with E-state index in [-0.39, 0.29) is 11.6 Å². The highest BCUT2D eigenvalue weighted by Crippen LogP contribution is 2.42. The molecule has 2 aliphatic carbocycles. The summed E-state index contributed by atoms with van der Waals surface area (Å²) in [7, 11) is 0. The molecule has 1 N–H and O–H groups in total. The highest BCUT2D eigenvalue weighted by atomic mass is 16.2. The van der Waals surface area contributed by atoms with E-state index in [4.69, 9.17) is 4.99 Å². The molecule has 0 aromatic heterocycles. The molecule has 0 radical (unpaired) electrons. The molecule has 4 aliphatic rings. The first-order valence-corrected chi connectivity index (χ1v) is 12.6. The van der Waals surface area contributed by atoms with Gasteiger partial charge >= 0.3 is 6.03 Å². The molecule has 5 nitrogen and oxygen atoms in total. The minimum Gasteiger partial charge on any atom is -0.369 e. The summed E-state index contributed by atoms with van der Waals surface area (Å²) in [5.74, 6) is 1.00. The number of nitrogens with one attached hydrogen (secondary N) is 1. The molecule has 168 valence electrons. The van der Waals surface area contributed by atoms with E-state index < -0.39 is 0 Å². The maximum atomic E-state index is 13.3. The Labute approximate surface area is 187 Å². The number of benzene rings is 1. The molecular weight excluding hydrogens is 384 g/mol. The molecule has 5 rings (SSSR count). The van der Waals surface area contributed by atoms with E-state index >= 15 is 0 Å². The molecule has 2 aliphatic heterocycles. The third-order valence-electron chi connectivity index (χ3n) is 8.25. The maximum absolute atomic E-state index is 13.3. The lowest BCUT2D eigenvalue weighted by Crippen LogP contribution is -2.65. The van der Waals surface area contributed by atoms with Crippen molar-refractivity contribution in [2.75, 3.05) is 6.54 Å². The number of hydrogen-bond donors (Lipinski definition) is 1. The third-order valence-corrected chi connectivity index (χ3v) is 8.25. The zero-order valence-electron chi connectivity index (χ0n) is 19.1. The quantitative estimate of drug-likeness (QED) is 0.734. The highest BCUT2D eigenvalue weighted by Gasteiger charge is 2.55. The zero-order chi connectivity index (χ0) is 21.3. The van der Waals surface area contributed by atoms with Crippen LogP contribution >= 0.6 is 0 Å². The predicted octanol–water partition coefficient (Wildman–Crippen LogP) is 5.11. The smallest absolute Gasteiger partial charge is 0.346 e. The fraction of sp³-hybridized carbons (Fsp3) is 0.692. The van der Waals surface area contributed by atoms with Crippen LogP contribution in [0.2, 0.25) is 0 Å². The number of urea groups is 1. The first-order chi connectivity index (χ1) is 15.2. The van der Waals surface area contributed by atoms with Crippen LogP contribution in [0.4, 0.5) is 4.79 Å². The van der Waals surface area contributed by atoms with Crippen molar-refractivity contribution < 1.29 is 4.79 Å². The van der Waals surface area contributed by atoms with Crippen molar-refractivity contribution in [3.63, 3.8) is 0 Å². The normalized spacial score (nSPS) is 30.9. The molecule has 2 atom stereocenters. The molecule has 1 saturated heterocycles. The van der Waals surface area contributed by atoms with E-state index in [0.717, 1.165) is 44.6 Å². The summed E-state index contributed by atoms with van der Waals surface area (Å²) < 4.78 is 0. The topological polar surface area (TPSA) is 47.9 Å². The van der Waals surface area contributed by atoms with Crippen LogP contribution < -0.4 is 5.32 Å². The summed E-state index contributed by atoms with van der Waals surface area (Å²) in [6.07, 6.45) is 13.1. The van der Waals surface area contributed by atoms with Crippen LogP contribution in [0.15, 0.2) is 35.3 Å². The number of amidine groups is 1. The lowest BCUT2D eigenvalue weighted by Gasteiger charge is -2.50. The Balaban J connectivity index is 1.38. The summed E-state index contributed by atoms with van der Waals surface area (Å²) in [5.41, 5.74) is 1.14. The first-order valence-electron chi connectivity index (χ1n) is 12.6. The number of hydrogen-bond acceptors (Lipinski definition) is 3. The number of piperidine rings is 1. The molecule has 31 heavy (non-hydrogen) atoms. The number of rotatable bonds is 4. The van der Waals surface area contributed by atoms with Crippen molar-refractivity contribution in [2.24, 2.45) is 4.99 Å². The van der Waals surface area contributed by atoms with Gasteiger partial charge in [0.05, 0.1) is 0 Å². The Morgan fingerprint density at radius 1 is 1.03 bits per heavy atom. The summed E-state index contributed by atoms with van der Waals surface area (Å²) in [5, 5.41) is 3.82. The second kappa shape index (κ2) is 8.93. The molecule has 1 aromatic rings. The number of likely N-dealkylation sites (tertiary alicyclic amines) is 1. The van der Waals surface area contributed by atoms with Crippen molar-refractivity contribution >= 4 is 11.9 Å². The molecule has 2 saturated carbocycles. The van der Waals surface area contributed by atoms with Gasteiger partial charge in [-0.1, -0.05) is 62.4 Å². The van der Waals surface area contributed by atoms with E-state index in [1.807, 2.05) is 0 Å². The molecule has 1 spiro atoms. The van der Waals surface area contributed by atoms with Gasteiger partial charge in [-0.05, 0) is 51.0 Å². The zero-order valence-corrected chi connectivity index (χ0v) is 19.1. The number of aliphatic imine (C=N–C) groups is 1. The van der Waals surface area contributed by atoms with Crippen molar-refractivity contribution in [1.82, 2.24) is 15.1 Å². The first kappa shape index (κ1) is 21.0. The molecule has 5 heteroatoms. The van der Waals surface area contributed by atoms with E-state index in [9.17, 15) is 4.79 Å². The van der Waals surface area contributed by atoms with E-state index in [1.54, 1.807) is 0 Å². The number of carbonyl (C=O) groups is 1. The van der Waals surface area contributed by atoms with Crippen LogP contribution in [0, 0.1) is 0 Å². The van der Waals surface area contributed by atoms with Crippen LogP contribution in [0.25, 0.3) is 0 Å². The van der Waals surface area contributed by atoms with Crippen LogP contribution in [-0.4, -0.2) is 51.9 Å². The summed E-state index contributed by atoms with van der Waals surface area (Å²) in [6.45, 7) is 4.34. The van der Waals surface area contributed by atoms with Gasteiger partial charge in [0.15, 0.2) is 0 Å². The second-order valence-corrected chi connectivity index (χ2v) is 10.3. The van der Waals surface area contributed by atoms with Gasteiger partial charge in [-0.2, -0.15) is 4.99 Å². The van der Waals surface area contributed by atoms with E-state index in [2.05, 4.69) is 52.4 Å². The fourth-order valence-electron chi connectivity index (χ4n) is 6.58. The van der Waals surface area contributed by atoms with E-state index in [1.165, 1.54) is 50.5 Å². The molecule has 2 heterocycles. The Morgan fingerprint density at radius 3 is 2.45 bits per heavy atom. The minimum atomic E-state index is -0.226. The Kier molecular flexibility index (Phi) is 6.05. The highest BCUT2D eigenvalue weighted by molar-refractivity contribution is 6.07. The molecule has 2 amide bonds. The lowest BCUT2D eigenvalue weighted by atomic mass is 9.79. The summed E-state index contributed by atoms with van der Waals surface area (Å²) >= 11 is 0. The van der Waals surface area contributed by atoms with Crippen molar-refractivity contribution in [2.45, 2.75) is 108 Å². The monoisotopic (exact) mass is 422 g/mol. The Morgan fingerprint density at radius 2 is 1.74 bits per heavy atom. The standard InChI is InChI=1S/C26H38N4O/c1-20-18-26(16-17-29(20)19-21-10-4-2-5-11-21)24(27-22-12-6-3-7-13-22)28-25(31)30(26)23-14-8-9-15-23/h2,4-5,10-11,20,22-23H,3,6-9,12-19H2,1H3,(H,27,28,31)/t20-,26+/m0/s1. The van der Waals surface area contributed by atoms with Gasteiger partial charge in [-0.15, -0.1) is 0 Å². The lowest BCUT2D eigenvalue weighted by molar-refractivity contribution is 0.0418. The number of amides is 2. The average molecular weight is 423 g/mol. The van der Waals surface area contributed by atoms with Gasteiger partial charge in [0.2, 0.25) is 0 Å². The molecule has 0 unspecified atom stereocenters. The SMILES string of the molecule is C[C@H]1C[C@]2(CCN1Cc1ccccc1)C(NC1CCCCC1)=NC(=O)N2C1CCCC1. The Bertz CT molecular complexity index is 797. The van der Waals surface area contributed by atoms with Gasteiger partial charge in [0.25, 0.3) is 0 Å². The van der Waals surface area contributed by atoms with Crippen LogP contribution in [-0.2, 0) is 6.54 Å². The molecule has 0 bridgehead atoms. The van der Waals surface area contributed by atoms with Gasteiger partial charge < -0.3 is 10.2 Å². The number of carbonyl (C=O) groups excluding carboxylic acids is 1. The summed E-state index contributed by atoms with van der Waals surface area (Å²) in [4.78, 5) is 22.8. The van der Waals surface area contributed by atoms with Gasteiger partial charge in [0.1, 0.15) is 11.4 Å². The Hall–Kier alpha value is -1.88. The predicted molar refractivity (Wildman–Crippen MR) is 125 cm³/mol. The number of nitrogens with zero attached hydrogens (tertiary/aromatic N) is 3. The molecule has 1 aromatic carbocycles.